The Morgan fingerprint density at radius 3 is 2.52 bits per heavy atom. The molecule has 1 fully saturated rings. The van der Waals surface area contributed by atoms with Crippen molar-refractivity contribution in [3.05, 3.63) is 74.7 Å². The highest BCUT2D eigenvalue weighted by molar-refractivity contribution is 7.89. The normalized spacial score (nSPS) is 15.6. The number of rotatable bonds is 5. The summed E-state index contributed by atoms with van der Waals surface area (Å²) in [5.74, 6) is -0.433. The van der Waals surface area contributed by atoms with Crippen LogP contribution in [0.2, 0.25) is 0 Å². The maximum absolute atomic E-state index is 13.5. The number of aromatic nitrogens is 2. The van der Waals surface area contributed by atoms with Gasteiger partial charge in [-0.2, -0.15) is 0 Å². The summed E-state index contributed by atoms with van der Waals surface area (Å²) in [6.07, 6.45) is 1.52. The zero-order valence-corrected chi connectivity index (χ0v) is 16.8. The summed E-state index contributed by atoms with van der Waals surface area (Å²) in [7, 11) is -2.47. The topological polar surface area (TPSA) is 90.2 Å². The molecule has 4 rings (SSSR count). The van der Waals surface area contributed by atoms with Crippen LogP contribution in [0.4, 0.5) is 4.39 Å². The lowest BCUT2D eigenvalue weighted by Crippen LogP contribution is -2.38. The van der Waals surface area contributed by atoms with Crippen molar-refractivity contribution in [1.82, 2.24) is 13.9 Å². The maximum Gasteiger partial charge on any atom is 0.331 e. The van der Waals surface area contributed by atoms with Gasteiger partial charge < -0.3 is 0 Å². The van der Waals surface area contributed by atoms with Gasteiger partial charge in [-0.1, -0.05) is 12.1 Å². The molecule has 0 atom stereocenters. The van der Waals surface area contributed by atoms with E-state index in [9.17, 15) is 22.4 Å². The van der Waals surface area contributed by atoms with E-state index in [2.05, 4.69) is 4.72 Å². The van der Waals surface area contributed by atoms with Gasteiger partial charge >= 0.3 is 5.69 Å². The molecule has 0 spiro atoms. The molecule has 3 aromatic rings. The Morgan fingerprint density at radius 2 is 1.86 bits per heavy atom. The van der Waals surface area contributed by atoms with Crippen molar-refractivity contribution in [2.24, 2.45) is 7.05 Å². The van der Waals surface area contributed by atoms with Gasteiger partial charge in [-0.05, 0) is 55.7 Å². The molecule has 1 N–H and O–H groups in total. The van der Waals surface area contributed by atoms with Crippen LogP contribution in [0.1, 0.15) is 25.3 Å². The Hall–Kier alpha value is -2.78. The summed E-state index contributed by atoms with van der Waals surface area (Å²) < 4.78 is 43.8. The minimum absolute atomic E-state index is 0.0359. The quantitative estimate of drug-likeness (QED) is 0.685. The molecule has 9 heteroatoms. The molecule has 1 heterocycles. The van der Waals surface area contributed by atoms with E-state index < -0.39 is 32.6 Å². The molecule has 29 heavy (non-hydrogen) atoms. The standard InChI is InChI=1S/C20H20FN3O4S/c1-20(8-9-20)22-29(27,28)15-6-7-17-16(11-15)18(25)23(2)19(26)24(17)12-13-4-3-5-14(21)10-13/h3-7,10-11,22H,8-9,12H2,1-2H3. The lowest BCUT2D eigenvalue weighted by molar-refractivity contribution is 0.558. The minimum Gasteiger partial charge on any atom is -0.289 e. The summed E-state index contributed by atoms with van der Waals surface area (Å²) in [6, 6.07) is 9.92. The first kappa shape index (κ1) is 19.5. The molecule has 2 aromatic carbocycles. The molecule has 7 nitrogen and oxygen atoms in total. The van der Waals surface area contributed by atoms with Gasteiger partial charge in [0.1, 0.15) is 5.82 Å². The van der Waals surface area contributed by atoms with Crippen molar-refractivity contribution < 1.29 is 12.8 Å². The minimum atomic E-state index is -3.80. The Bertz CT molecular complexity index is 1350. The highest BCUT2D eigenvalue weighted by Gasteiger charge is 2.41. The summed E-state index contributed by atoms with van der Waals surface area (Å²) >= 11 is 0. The van der Waals surface area contributed by atoms with E-state index in [1.165, 1.54) is 48.0 Å². The second-order valence-corrected chi connectivity index (χ2v) is 9.39. The van der Waals surface area contributed by atoms with Gasteiger partial charge in [-0.25, -0.2) is 22.3 Å². The molecule has 0 amide bonds. The number of sulfonamides is 1. The molecule has 0 radical (unpaired) electrons. The predicted octanol–water partition coefficient (Wildman–Crippen LogP) is 1.72. The number of fused-ring (bicyclic) bond motifs is 1. The molecule has 0 saturated heterocycles. The molecule has 152 valence electrons. The van der Waals surface area contributed by atoms with E-state index >= 15 is 0 Å². The SMILES string of the molecule is Cn1c(=O)c2cc(S(=O)(=O)NC3(C)CC3)ccc2n(Cc2cccc(F)c2)c1=O. The van der Waals surface area contributed by atoms with Crippen LogP contribution in [0.3, 0.4) is 0 Å². The van der Waals surface area contributed by atoms with Crippen molar-refractivity contribution in [3.63, 3.8) is 0 Å². The Labute approximate surface area is 166 Å². The third kappa shape index (κ3) is 3.63. The van der Waals surface area contributed by atoms with E-state index in [-0.39, 0.29) is 16.8 Å². The lowest BCUT2D eigenvalue weighted by Gasteiger charge is -2.15. The number of benzene rings is 2. The summed E-state index contributed by atoms with van der Waals surface area (Å²) in [5, 5.41) is 0.104. The molecular formula is C20H20FN3O4S. The van der Waals surface area contributed by atoms with Gasteiger partial charge in [-0.3, -0.25) is 13.9 Å². The van der Waals surface area contributed by atoms with Gasteiger partial charge in [0.15, 0.2) is 0 Å². The summed E-state index contributed by atoms with van der Waals surface area (Å²) in [5.41, 5.74) is -0.762. The first-order valence-corrected chi connectivity index (χ1v) is 10.6. The Morgan fingerprint density at radius 1 is 1.14 bits per heavy atom. The zero-order chi connectivity index (χ0) is 21.0. The smallest absolute Gasteiger partial charge is 0.289 e. The van der Waals surface area contributed by atoms with Crippen molar-refractivity contribution in [3.8, 4) is 0 Å². The van der Waals surface area contributed by atoms with Crippen molar-refractivity contribution in [2.75, 3.05) is 0 Å². The number of hydrogen-bond donors (Lipinski definition) is 1. The lowest BCUT2D eigenvalue weighted by atomic mass is 10.2. The summed E-state index contributed by atoms with van der Waals surface area (Å²) in [6.45, 7) is 1.87. The maximum atomic E-state index is 13.5. The summed E-state index contributed by atoms with van der Waals surface area (Å²) in [4.78, 5) is 25.3. The molecule has 1 aliphatic rings. The monoisotopic (exact) mass is 417 g/mol. The van der Waals surface area contributed by atoms with Crippen LogP contribution >= 0.6 is 0 Å². The molecule has 1 saturated carbocycles. The van der Waals surface area contributed by atoms with Gasteiger partial charge in [0.05, 0.1) is 22.3 Å². The number of nitrogens with zero attached hydrogens (tertiary/aromatic N) is 2. The first-order chi connectivity index (χ1) is 13.6. The fourth-order valence-corrected chi connectivity index (χ4v) is 4.78. The van der Waals surface area contributed by atoms with Crippen LogP contribution in [0.15, 0.2) is 56.9 Å². The number of hydrogen-bond acceptors (Lipinski definition) is 4. The Balaban J connectivity index is 1.87. The van der Waals surface area contributed by atoms with Gasteiger partial charge in [0.25, 0.3) is 5.56 Å². The van der Waals surface area contributed by atoms with Crippen LogP contribution in [-0.2, 0) is 23.6 Å². The van der Waals surface area contributed by atoms with E-state index in [0.717, 1.165) is 17.4 Å². The third-order valence-electron chi connectivity index (χ3n) is 5.23. The van der Waals surface area contributed by atoms with E-state index in [1.54, 1.807) is 6.07 Å². The van der Waals surface area contributed by atoms with Crippen LogP contribution in [0.25, 0.3) is 10.9 Å². The third-order valence-corrected chi connectivity index (χ3v) is 6.87. The van der Waals surface area contributed by atoms with Gasteiger partial charge in [0.2, 0.25) is 10.0 Å². The molecule has 1 aliphatic carbocycles. The molecule has 0 aliphatic heterocycles. The van der Waals surface area contributed by atoms with Crippen LogP contribution in [0, 0.1) is 5.82 Å². The highest BCUT2D eigenvalue weighted by atomic mass is 32.2. The average Bonchev–Trinajstić information content (AvgIpc) is 3.39. The van der Waals surface area contributed by atoms with E-state index in [4.69, 9.17) is 0 Å². The van der Waals surface area contributed by atoms with Crippen molar-refractivity contribution in [1.29, 1.82) is 0 Å². The predicted molar refractivity (Wildman–Crippen MR) is 107 cm³/mol. The fraction of sp³-hybridized carbons (Fsp3) is 0.300. The fourth-order valence-electron chi connectivity index (χ4n) is 3.28. The largest absolute Gasteiger partial charge is 0.331 e. The second kappa shape index (κ2) is 6.64. The Kier molecular flexibility index (Phi) is 4.47. The molecule has 1 aromatic heterocycles. The second-order valence-electron chi connectivity index (χ2n) is 7.71. The van der Waals surface area contributed by atoms with E-state index in [0.29, 0.717) is 11.1 Å². The molecule has 0 unspecified atom stereocenters. The van der Waals surface area contributed by atoms with Crippen molar-refractivity contribution >= 4 is 20.9 Å². The number of halogens is 1. The van der Waals surface area contributed by atoms with E-state index in [1.807, 2.05) is 6.92 Å². The van der Waals surface area contributed by atoms with Gasteiger partial charge in [-0.15, -0.1) is 0 Å². The van der Waals surface area contributed by atoms with Crippen molar-refractivity contribution in [2.45, 2.75) is 36.7 Å². The molecule has 0 bridgehead atoms. The number of nitrogens with one attached hydrogen (secondary N) is 1. The molecular weight excluding hydrogens is 397 g/mol. The van der Waals surface area contributed by atoms with Crippen LogP contribution in [0.5, 0.6) is 0 Å². The van der Waals surface area contributed by atoms with Crippen LogP contribution in [-0.4, -0.2) is 23.1 Å². The highest BCUT2D eigenvalue weighted by Crippen LogP contribution is 2.36. The zero-order valence-electron chi connectivity index (χ0n) is 16.0. The average molecular weight is 417 g/mol. The van der Waals surface area contributed by atoms with Gasteiger partial charge in [0, 0.05) is 12.6 Å². The van der Waals surface area contributed by atoms with Crippen LogP contribution < -0.4 is 16.0 Å². The first-order valence-electron chi connectivity index (χ1n) is 9.12.